The summed E-state index contributed by atoms with van der Waals surface area (Å²) in [6.45, 7) is 8.24. The van der Waals surface area contributed by atoms with Crippen molar-refractivity contribution in [3.05, 3.63) is 18.0 Å². The Labute approximate surface area is 125 Å². The fourth-order valence-corrected chi connectivity index (χ4v) is 2.58. The second kappa shape index (κ2) is 6.28. The third kappa shape index (κ3) is 3.09. The van der Waals surface area contributed by atoms with E-state index in [-0.39, 0.29) is 11.8 Å². The van der Waals surface area contributed by atoms with Gasteiger partial charge in [0.1, 0.15) is 12.1 Å². The standard InChI is InChI=1S/C15H24N4O2/c1-5-10(3)19-8-7-12(17-19)9-18-13(6-2)14(20)16-11(4)15(18)21/h7-8,10-11,13H,5-6,9H2,1-4H3,(H,16,20). The number of carbonyl (C=O) groups is 2. The number of amides is 2. The highest BCUT2D eigenvalue weighted by Crippen LogP contribution is 2.17. The topological polar surface area (TPSA) is 67.2 Å². The van der Waals surface area contributed by atoms with E-state index in [1.54, 1.807) is 11.8 Å². The number of rotatable bonds is 5. The summed E-state index contributed by atoms with van der Waals surface area (Å²) in [5.74, 6) is -0.120. The lowest BCUT2D eigenvalue weighted by Crippen LogP contribution is -2.61. The van der Waals surface area contributed by atoms with Gasteiger partial charge in [0, 0.05) is 12.2 Å². The molecule has 0 radical (unpaired) electrons. The van der Waals surface area contributed by atoms with E-state index < -0.39 is 12.1 Å². The van der Waals surface area contributed by atoms with E-state index in [0.717, 1.165) is 12.1 Å². The average Bonchev–Trinajstić information content (AvgIpc) is 2.92. The summed E-state index contributed by atoms with van der Waals surface area (Å²) < 4.78 is 1.91. The number of hydrogen-bond donors (Lipinski definition) is 1. The van der Waals surface area contributed by atoms with Gasteiger partial charge < -0.3 is 10.2 Å². The minimum Gasteiger partial charge on any atom is -0.343 e. The van der Waals surface area contributed by atoms with Crippen LogP contribution in [0.15, 0.2) is 12.3 Å². The molecule has 0 saturated carbocycles. The summed E-state index contributed by atoms with van der Waals surface area (Å²) >= 11 is 0. The van der Waals surface area contributed by atoms with Gasteiger partial charge in [-0.25, -0.2) is 0 Å². The number of hydrogen-bond acceptors (Lipinski definition) is 3. The molecule has 3 atom stereocenters. The predicted octanol–water partition coefficient (Wildman–Crippen LogP) is 1.48. The highest BCUT2D eigenvalue weighted by atomic mass is 16.2. The lowest BCUT2D eigenvalue weighted by molar-refractivity contribution is -0.149. The van der Waals surface area contributed by atoms with Crippen molar-refractivity contribution in [3.8, 4) is 0 Å². The third-order valence-corrected chi connectivity index (χ3v) is 4.12. The van der Waals surface area contributed by atoms with E-state index in [1.807, 2.05) is 23.9 Å². The van der Waals surface area contributed by atoms with Crippen molar-refractivity contribution in [1.29, 1.82) is 0 Å². The zero-order chi connectivity index (χ0) is 15.6. The highest BCUT2D eigenvalue weighted by Gasteiger charge is 2.37. The van der Waals surface area contributed by atoms with Crippen LogP contribution in [0, 0.1) is 0 Å². The van der Waals surface area contributed by atoms with Crippen LogP contribution < -0.4 is 5.32 Å². The molecular formula is C15H24N4O2. The van der Waals surface area contributed by atoms with Gasteiger partial charge in [-0.1, -0.05) is 13.8 Å². The molecule has 6 nitrogen and oxygen atoms in total. The van der Waals surface area contributed by atoms with Gasteiger partial charge in [0.05, 0.1) is 12.2 Å². The molecule has 2 heterocycles. The second-order valence-electron chi connectivity index (χ2n) is 5.66. The molecule has 116 valence electrons. The quantitative estimate of drug-likeness (QED) is 0.894. The van der Waals surface area contributed by atoms with Crippen LogP contribution in [0.2, 0.25) is 0 Å². The molecule has 1 aliphatic rings. The van der Waals surface area contributed by atoms with E-state index in [4.69, 9.17) is 0 Å². The normalized spacial score (nSPS) is 24.1. The zero-order valence-corrected chi connectivity index (χ0v) is 13.2. The summed E-state index contributed by atoms with van der Waals surface area (Å²) in [6, 6.07) is 1.39. The van der Waals surface area contributed by atoms with Crippen LogP contribution in [0.1, 0.15) is 52.3 Å². The van der Waals surface area contributed by atoms with Gasteiger partial charge in [0.25, 0.3) is 0 Å². The smallest absolute Gasteiger partial charge is 0.245 e. The first-order chi connectivity index (χ1) is 9.97. The number of carbonyl (C=O) groups excluding carboxylic acids is 2. The molecule has 1 aromatic rings. The molecule has 1 N–H and O–H groups in total. The number of aromatic nitrogens is 2. The van der Waals surface area contributed by atoms with Crippen molar-refractivity contribution >= 4 is 11.8 Å². The Morgan fingerprint density at radius 2 is 2.10 bits per heavy atom. The fourth-order valence-electron chi connectivity index (χ4n) is 2.58. The average molecular weight is 292 g/mol. The van der Waals surface area contributed by atoms with Crippen molar-refractivity contribution in [2.24, 2.45) is 0 Å². The van der Waals surface area contributed by atoms with Crippen LogP contribution in [0.25, 0.3) is 0 Å². The molecular weight excluding hydrogens is 268 g/mol. The SMILES string of the molecule is CCC1C(=O)NC(C)C(=O)N1Cc1ccn(C(C)CC)n1. The Morgan fingerprint density at radius 1 is 1.38 bits per heavy atom. The van der Waals surface area contributed by atoms with Gasteiger partial charge in [0.2, 0.25) is 11.8 Å². The van der Waals surface area contributed by atoms with Crippen molar-refractivity contribution in [2.75, 3.05) is 0 Å². The van der Waals surface area contributed by atoms with Crippen LogP contribution >= 0.6 is 0 Å². The van der Waals surface area contributed by atoms with Gasteiger partial charge in [-0.2, -0.15) is 5.10 Å². The van der Waals surface area contributed by atoms with Crippen molar-refractivity contribution in [2.45, 2.75) is 65.2 Å². The number of nitrogens with zero attached hydrogens (tertiary/aromatic N) is 3. The van der Waals surface area contributed by atoms with Gasteiger partial charge in [-0.15, -0.1) is 0 Å². The van der Waals surface area contributed by atoms with Gasteiger partial charge >= 0.3 is 0 Å². The fraction of sp³-hybridized carbons (Fsp3) is 0.667. The molecule has 0 aromatic carbocycles. The summed E-state index contributed by atoms with van der Waals surface area (Å²) in [7, 11) is 0. The Morgan fingerprint density at radius 3 is 2.71 bits per heavy atom. The van der Waals surface area contributed by atoms with Crippen molar-refractivity contribution in [1.82, 2.24) is 20.0 Å². The van der Waals surface area contributed by atoms with Gasteiger partial charge in [0.15, 0.2) is 0 Å². The molecule has 1 aromatic heterocycles. The van der Waals surface area contributed by atoms with Crippen LogP contribution in [-0.2, 0) is 16.1 Å². The lowest BCUT2D eigenvalue weighted by Gasteiger charge is -2.37. The first-order valence-electron chi connectivity index (χ1n) is 7.62. The summed E-state index contributed by atoms with van der Waals surface area (Å²) in [4.78, 5) is 26.0. The Balaban J connectivity index is 2.17. The van der Waals surface area contributed by atoms with E-state index in [1.165, 1.54) is 0 Å². The summed E-state index contributed by atoms with van der Waals surface area (Å²) in [5, 5.41) is 7.24. The van der Waals surface area contributed by atoms with Crippen molar-refractivity contribution < 1.29 is 9.59 Å². The first-order valence-corrected chi connectivity index (χ1v) is 7.62. The Hall–Kier alpha value is -1.85. The largest absolute Gasteiger partial charge is 0.343 e. The van der Waals surface area contributed by atoms with Crippen LogP contribution in [0.3, 0.4) is 0 Å². The van der Waals surface area contributed by atoms with Crippen molar-refractivity contribution in [3.63, 3.8) is 0 Å². The molecule has 1 fully saturated rings. The maximum absolute atomic E-state index is 12.3. The lowest BCUT2D eigenvalue weighted by atomic mass is 10.1. The maximum atomic E-state index is 12.3. The summed E-state index contributed by atoms with van der Waals surface area (Å²) in [6.07, 6.45) is 3.54. The van der Waals surface area contributed by atoms with E-state index in [0.29, 0.717) is 19.0 Å². The van der Waals surface area contributed by atoms with Crippen LogP contribution in [0.5, 0.6) is 0 Å². The zero-order valence-electron chi connectivity index (χ0n) is 13.2. The minimum atomic E-state index is -0.461. The molecule has 1 aliphatic heterocycles. The van der Waals surface area contributed by atoms with E-state index >= 15 is 0 Å². The number of nitrogens with one attached hydrogen (secondary N) is 1. The molecule has 6 heteroatoms. The van der Waals surface area contributed by atoms with Crippen LogP contribution in [-0.4, -0.2) is 38.6 Å². The highest BCUT2D eigenvalue weighted by molar-refractivity contribution is 5.96. The summed E-state index contributed by atoms with van der Waals surface area (Å²) in [5.41, 5.74) is 0.823. The molecule has 2 rings (SSSR count). The molecule has 1 saturated heterocycles. The second-order valence-corrected chi connectivity index (χ2v) is 5.66. The molecule has 2 amide bonds. The van der Waals surface area contributed by atoms with Gasteiger partial charge in [-0.3, -0.25) is 14.3 Å². The van der Waals surface area contributed by atoms with Crippen LogP contribution in [0.4, 0.5) is 0 Å². The minimum absolute atomic E-state index is 0.0421. The van der Waals surface area contributed by atoms with E-state index in [2.05, 4.69) is 24.3 Å². The third-order valence-electron chi connectivity index (χ3n) is 4.12. The first kappa shape index (κ1) is 15.5. The van der Waals surface area contributed by atoms with E-state index in [9.17, 15) is 9.59 Å². The molecule has 0 spiro atoms. The Bertz CT molecular complexity index is 525. The Kier molecular flexibility index (Phi) is 4.65. The maximum Gasteiger partial charge on any atom is 0.245 e. The number of piperazine rings is 1. The molecule has 21 heavy (non-hydrogen) atoms. The monoisotopic (exact) mass is 292 g/mol. The molecule has 3 unspecified atom stereocenters. The van der Waals surface area contributed by atoms with Gasteiger partial charge in [-0.05, 0) is 32.8 Å². The molecule has 0 aliphatic carbocycles. The molecule has 0 bridgehead atoms. The predicted molar refractivity (Wildman–Crippen MR) is 79.5 cm³/mol.